The molecule has 0 radical (unpaired) electrons. The maximum absolute atomic E-state index is 13.4. The van der Waals surface area contributed by atoms with Gasteiger partial charge in [-0.3, -0.25) is 4.79 Å². The van der Waals surface area contributed by atoms with Crippen LogP contribution in [0.3, 0.4) is 0 Å². The highest BCUT2D eigenvalue weighted by atomic mass is 32.1. The number of nitrogens with two attached hydrogens (primary N) is 1. The number of rotatable bonds is 2. The van der Waals surface area contributed by atoms with Gasteiger partial charge in [0.1, 0.15) is 5.82 Å². The Morgan fingerprint density at radius 3 is 2.50 bits per heavy atom. The third-order valence-corrected chi connectivity index (χ3v) is 3.15. The van der Waals surface area contributed by atoms with Crippen LogP contribution in [0.2, 0.25) is 0 Å². The van der Waals surface area contributed by atoms with Gasteiger partial charge in [0.25, 0.3) is 5.91 Å². The lowest BCUT2D eigenvalue weighted by molar-refractivity contribution is -0.140. The van der Waals surface area contributed by atoms with E-state index in [1.807, 2.05) is 0 Å². The second kappa shape index (κ2) is 5.17. The van der Waals surface area contributed by atoms with E-state index in [2.05, 4.69) is 4.98 Å². The number of carbonyl (C=O) groups is 1. The number of thiazole rings is 1. The fourth-order valence-electron chi connectivity index (χ4n) is 1.36. The molecule has 2 N–H and O–H groups in total. The molecule has 0 unspecified atom stereocenters. The number of halogens is 4. The predicted molar refractivity (Wildman–Crippen MR) is 64.5 cm³/mol. The lowest BCUT2D eigenvalue weighted by atomic mass is 10.2. The molecule has 0 aliphatic rings. The SMILES string of the molecule is NN(C(=O)c1ccccc1F)c1nc(C(F)(F)F)cs1. The van der Waals surface area contributed by atoms with Crippen molar-refractivity contribution in [1.82, 2.24) is 4.98 Å². The Kier molecular flexibility index (Phi) is 3.73. The molecule has 0 aliphatic carbocycles. The van der Waals surface area contributed by atoms with Crippen molar-refractivity contribution in [2.75, 3.05) is 5.01 Å². The fraction of sp³-hybridized carbons (Fsp3) is 0.0909. The zero-order valence-corrected chi connectivity index (χ0v) is 10.5. The van der Waals surface area contributed by atoms with Gasteiger partial charge < -0.3 is 0 Å². The molecule has 0 spiro atoms. The van der Waals surface area contributed by atoms with E-state index in [0.717, 1.165) is 11.4 Å². The Morgan fingerprint density at radius 2 is 1.95 bits per heavy atom. The minimum Gasteiger partial charge on any atom is -0.267 e. The number of carbonyl (C=O) groups excluding carboxylic acids is 1. The van der Waals surface area contributed by atoms with Gasteiger partial charge in [0.05, 0.1) is 5.56 Å². The zero-order valence-electron chi connectivity index (χ0n) is 9.69. The Bertz CT molecular complexity index is 641. The molecule has 2 rings (SSSR count). The Balaban J connectivity index is 2.28. The first kappa shape index (κ1) is 14.4. The van der Waals surface area contributed by atoms with Crippen molar-refractivity contribution in [3.8, 4) is 0 Å². The average molecular weight is 305 g/mol. The van der Waals surface area contributed by atoms with Gasteiger partial charge in [-0.15, -0.1) is 11.3 Å². The summed E-state index contributed by atoms with van der Waals surface area (Å²) >= 11 is 0.540. The quantitative estimate of drug-likeness (QED) is 0.402. The highest BCUT2D eigenvalue weighted by Gasteiger charge is 2.34. The van der Waals surface area contributed by atoms with E-state index in [1.54, 1.807) is 0 Å². The van der Waals surface area contributed by atoms with Crippen molar-refractivity contribution >= 4 is 22.4 Å². The minimum absolute atomic E-state index is 0.348. The summed E-state index contributed by atoms with van der Waals surface area (Å²) in [6.07, 6.45) is -4.63. The van der Waals surface area contributed by atoms with Crippen LogP contribution in [0.4, 0.5) is 22.7 Å². The van der Waals surface area contributed by atoms with Crippen molar-refractivity contribution in [3.63, 3.8) is 0 Å². The smallest absolute Gasteiger partial charge is 0.267 e. The number of anilines is 1. The van der Waals surface area contributed by atoms with Crippen LogP contribution in [0.5, 0.6) is 0 Å². The van der Waals surface area contributed by atoms with Gasteiger partial charge in [-0.1, -0.05) is 12.1 Å². The van der Waals surface area contributed by atoms with Crippen molar-refractivity contribution in [2.45, 2.75) is 6.18 Å². The molecule has 1 aromatic carbocycles. The molecule has 0 saturated heterocycles. The van der Waals surface area contributed by atoms with Crippen molar-refractivity contribution in [3.05, 3.63) is 46.7 Å². The Labute approximate surface area is 114 Å². The maximum atomic E-state index is 13.4. The van der Waals surface area contributed by atoms with E-state index in [4.69, 9.17) is 5.84 Å². The van der Waals surface area contributed by atoms with E-state index in [1.165, 1.54) is 18.2 Å². The van der Waals surface area contributed by atoms with E-state index in [0.29, 0.717) is 16.3 Å². The summed E-state index contributed by atoms with van der Waals surface area (Å²) in [7, 11) is 0. The van der Waals surface area contributed by atoms with Crippen LogP contribution >= 0.6 is 11.3 Å². The van der Waals surface area contributed by atoms with Gasteiger partial charge in [0.15, 0.2) is 5.69 Å². The number of nitrogens with zero attached hydrogens (tertiary/aromatic N) is 2. The first-order valence-corrected chi connectivity index (χ1v) is 6.05. The summed E-state index contributed by atoms with van der Waals surface area (Å²) in [5.41, 5.74) is -1.51. The standard InChI is InChI=1S/C11H7F4N3OS/c12-7-4-2-1-3-6(7)9(19)18(16)10-17-8(5-20-10)11(13,14)15/h1-5H,16H2. The molecule has 0 fully saturated rings. The van der Waals surface area contributed by atoms with Gasteiger partial charge in [-0.2, -0.15) is 13.2 Å². The number of hydrazine groups is 1. The van der Waals surface area contributed by atoms with Crippen LogP contribution in [-0.2, 0) is 6.18 Å². The third-order valence-electron chi connectivity index (χ3n) is 2.31. The number of hydrogen-bond donors (Lipinski definition) is 1. The number of alkyl halides is 3. The molecule has 0 bridgehead atoms. The summed E-state index contributed by atoms with van der Waals surface area (Å²) in [6, 6.07) is 5.01. The van der Waals surface area contributed by atoms with Gasteiger partial charge >= 0.3 is 6.18 Å². The second-order valence-corrected chi connectivity index (χ2v) is 4.50. The lowest BCUT2D eigenvalue weighted by Gasteiger charge is -2.13. The van der Waals surface area contributed by atoms with E-state index in [9.17, 15) is 22.4 Å². The third kappa shape index (κ3) is 2.78. The summed E-state index contributed by atoms with van der Waals surface area (Å²) in [5, 5.41) is 0.743. The van der Waals surface area contributed by atoms with Crippen LogP contribution in [0.15, 0.2) is 29.6 Å². The molecule has 106 valence electrons. The Morgan fingerprint density at radius 1 is 1.30 bits per heavy atom. The highest BCUT2D eigenvalue weighted by molar-refractivity contribution is 7.14. The fourth-order valence-corrected chi connectivity index (χ4v) is 2.11. The van der Waals surface area contributed by atoms with Crippen LogP contribution < -0.4 is 10.9 Å². The van der Waals surface area contributed by atoms with Crippen molar-refractivity contribution in [1.29, 1.82) is 0 Å². The molecule has 20 heavy (non-hydrogen) atoms. The van der Waals surface area contributed by atoms with Gasteiger partial charge in [-0.25, -0.2) is 20.2 Å². The monoisotopic (exact) mass is 305 g/mol. The molecular formula is C11H7F4N3OS. The van der Waals surface area contributed by atoms with Crippen LogP contribution in [-0.4, -0.2) is 10.9 Å². The molecular weight excluding hydrogens is 298 g/mol. The molecule has 1 aromatic heterocycles. The summed E-state index contributed by atoms with van der Waals surface area (Å²) in [4.78, 5) is 15.1. The predicted octanol–water partition coefficient (Wildman–Crippen LogP) is 2.82. The van der Waals surface area contributed by atoms with Gasteiger partial charge in [0, 0.05) is 5.38 Å². The minimum atomic E-state index is -4.63. The Hall–Kier alpha value is -2.00. The molecule has 9 heteroatoms. The first-order valence-electron chi connectivity index (χ1n) is 5.17. The molecule has 0 saturated carbocycles. The molecule has 1 amide bonds. The van der Waals surface area contributed by atoms with Gasteiger partial charge in [0.2, 0.25) is 5.13 Å². The first-order chi connectivity index (χ1) is 9.30. The summed E-state index contributed by atoms with van der Waals surface area (Å²) in [5.74, 6) is 3.59. The molecule has 0 atom stereocenters. The van der Waals surface area contributed by atoms with Crippen LogP contribution in [0.25, 0.3) is 0 Å². The molecule has 0 aliphatic heterocycles. The highest BCUT2D eigenvalue weighted by Crippen LogP contribution is 2.32. The van der Waals surface area contributed by atoms with E-state index < -0.39 is 23.6 Å². The van der Waals surface area contributed by atoms with Crippen LogP contribution in [0, 0.1) is 5.82 Å². The number of amides is 1. The molecule has 2 aromatic rings. The average Bonchev–Trinajstić information content (AvgIpc) is 2.87. The number of aromatic nitrogens is 1. The number of hydrogen-bond acceptors (Lipinski definition) is 4. The summed E-state index contributed by atoms with van der Waals surface area (Å²) in [6.45, 7) is 0. The largest absolute Gasteiger partial charge is 0.434 e. The van der Waals surface area contributed by atoms with Crippen molar-refractivity contribution in [2.24, 2.45) is 5.84 Å². The van der Waals surface area contributed by atoms with E-state index >= 15 is 0 Å². The zero-order chi connectivity index (χ0) is 14.9. The van der Waals surface area contributed by atoms with E-state index in [-0.39, 0.29) is 10.7 Å². The summed E-state index contributed by atoms with van der Waals surface area (Å²) < 4.78 is 50.6. The number of benzene rings is 1. The lowest BCUT2D eigenvalue weighted by Crippen LogP contribution is -2.38. The molecule has 1 heterocycles. The van der Waals surface area contributed by atoms with Crippen LogP contribution in [0.1, 0.15) is 16.1 Å². The van der Waals surface area contributed by atoms with Crippen molar-refractivity contribution < 1.29 is 22.4 Å². The topological polar surface area (TPSA) is 59.2 Å². The molecule has 4 nitrogen and oxygen atoms in total. The maximum Gasteiger partial charge on any atom is 0.434 e. The second-order valence-electron chi connectivity index (χ2n) is 3.67. The normalized spacial score (nSPS) is 11.4. The van der Waals surface area contributed by atoms with Gasteiger partial charge in [-0.05, 0) is 12.1 Å².